The van der Waals surface area contributed by atoms with E-state index in [1.807, 2.05) is 0 Å². The lowest BCUT2D eigenvalue weighted by Gasteiger charge is -2.41. The molecule has 1 atom stereocenters. The molecule has 1 saturated heterocycles. The summed E-state index contributed by atoms with van der Waals surface area (Å²) in [5.41, 5.74) is 0. The Morgan fingerprint density at radius 2 is 1.17 bits per heavy atom. The van der Waals surface area contributed by atoms with Gasteiger partial charge in [-0.25, -0.2) is 0 Å². The quantitative estimate of drug-likeness (QED) is 0.318. The van der Waals surface area contributed by atoms with Crippen molar-refractivity contribution in [2.45, 2.75) is 123 Å². The first-order valence-corrected chi connectivity index (χ1v) is 15.3. The maximum Gasteiger partial charge on any atom is 0.271 e. The highest BCUT2D eigenvalue weighted by atomic mass is 19.3. The Morgan fingerprint density at radius 3 is 1.66 bits per heavy atom. The first kappa shape index (κ1) is 27.6. The highest BCUT2D eigenvalue weighted by molar-refractivity contribution is 4.89. The van der Waals surface area contributed by atoms with E-state index in [1.165, 1.54) is 103 Å². The summed E-state index contributed by atoms with van der Waals surface area (Å²) in [6.07, 6.45) is 21.0. The van der Waals surface area contributed by atoms with E-state index >= 15 is 0 Å². The summed E-state index contributed by atoms with van der Waals surface area (Å²) in [7, 11) is 0. The lowest BCUT2D eigenvalue weighted by Crippen LogP contribution is -2.37. The van der Waals surface area contributed by atoms with Gasteiger partial charge in [0.25, 0.3) is 6.08 Å². The highest BCUT2D eigenvalue weighted by Gasteiger charge is 2.35. The zero-order valence-corrected chi connectivity index (χ0v) is 22.6. The molecule has 202 valence electrons. The molecule has 0 aromatic carbocycles. The van der Waals surface area contributed by atoms with E-state index in [9.17, 15) is 8.78 Å². The molecule has 4 fully saturated rings. The molecule has 1 heterocycles. The lowest BCUT2D eigenvalue weighted by atomic mass is 9.66. The zero-order valence-electron chi connectivity index (χ0n) is 22.6. The van der Waals surface area contributed by atoms with Gasteiger partial charge in [-0.1, -0.05) is 65.2 Å². The van der Waals surface area contributed by atoms with E-state index in [2.05, 4.69) is 13.8 Å². The summed E-state index contributed by atoms with van der Waals surface area (Å²) in [5.74, 6) is 6.84. The van der Waals surface area contributed by atoms with Crippen LogP contribution in [0, 0.1) is 47.3 Å². The second-order valence-corrected chi connectivity index (χ2v) is 12.8. The van der Waals surface area contributed by atoms with Crippen LogP contribution in [-0.4, -0.2) is 19.5 Å². The maximum atomic E-state index is 12.4. The molecule has 0 radical (unpaired) electrons. The minimum Gasteiger partial charge on any atom is -0.348 e. The Labute approximate surface area is 214 Å². The number of hydrogen-bond acceptors (Lipinski definition) is 2. The molecule has 0 amide bonds. The second kappa shape index (κ2) is 13.9. The summed E-state index contributed by atoms with van der Waals surface area (Å²) in [5, 5.41) is 0. The Bertz CT molecular complexity index is 616. The third-order valence-electron chi connectivity index (χ3n) is 10.7. The predicted octanol–water partition coefficient (Wildman–Crippen LogP) is 9.39. The zero-order chi connectivity index (χ0) is 24.6. The van der Waals surface area contributed by atoms with E-state index < -0.39 is 12.4 Å². The van der Waals surface area contributed by atoms with Crippen molar-refractivity contribution in [2.24, 2.45) is 47.3 Å². The molecule has 4 aliphatic rings. The molecule has 4 rings (SSSR count). The van der Waals surface area contributed by atoms with E-state index in [0.717, 1.165) is 41.6 Å². The number of halogens is 2. The molecule has 3 aliphatic carbocycles. The molecule has 35 heavy (non-hydrogen) atoms. The van der Waals surface area contributed by atoms with Gasteiger partial charge in [-0.2, -0.15) is 8.78 Å². The minimum absolute atomic E-state index is 0.379. The smallest absolute Gasteiger partial charge is 0.271 e. The number of rotatable bonds is 9. The maximum absolute atomic E-state index is 12.4. The van der Waals surface area contributed by atoms with Crippen LogP contribution < -0.4 is 0 Å². The normalized spacial score (nSPS) is 39.7. The van der Waals surface area contributed by atoms with Gasteiger partial charge < -0.3 is 9.47 Å². The third kappa shape index (κ3) is 8.25. The van der Waals surface area contributed by atoms with Crippen LogP contribution in [0.4, 0.5) is 8.78 Å². The van der Waals surface area contributed by atoms with Gasteiger partial charge in [0.15, 0.2) is 6.29 Å². The fourth-order valence-electron chi connectivity index (χ4n) is 8.25. The van der Waals surface area contributed by atoms with Crippen LogP contribution >= 0.6 is 0 Å². The van der Waals surface area contributed by atoms with Crippen LogP contribution in [0.1, 0.15) is 117 Å². The Hall–Kier alpha value is -0.480. The summed E-state index contributed by atoms with van der Waals surface area (Å²) >= 11 is 0. The van der Waals surface area contributed by atoms with Crippen molar-refractivity contribution in [1.29, 1.82) is 0 Å². The average Bonchev–Trinajstić information content (AvgIpc) is 2.88. The molecule has 1 unspecified atom stereocenters. The topological polar surface area (TPSA) is 18.5 Å². The predicted molar refractivity (Wildman–Crippen MR) is 139 cm³/mol. The van der Waals surface area contributed by atoms with Gasteiger partial charge in [-0.15, -0.1) is 0 Å². The molecule has 1 aliphatic heterocycles. The minimum atomic E-state index is -1.72. The van der Waals surface area contributed by atoms with Gasteiger partial charge >= 0.3 is 0 Å². The van der Waals surface area contributed by atoms with Gasteiger partial charge in [0.1, 0.15) is 0 Å². The molecule has 0 spiro atoms. The summed E-state index contributed by atoms with van der Waals surface area (Å²) in [6.45, 7) is 5.95. The largest absolute Gasteiger partial charge is 0.348 e. The van der Waals surface area contributed by atoms with Gasteiger partial charge in [0, 0.05) is 12.0 Å². The average molecular weight is 495 g/mol. The summed E-state index contributed by atoms with van der Waals surface area (Å²) in [6, 6.07) is 0. The Morgan fingerprint density at radius 1 is 0.714 bits per heavy atom. The fraction of sp³-hybridized carbons (Fsp3) is 0.935. The lowest BCUT2D eigenvalue weighted by molar-refractivity contribution is -0.187. The SMILES string of the molecule is CCCC(C)C1CCC(CCC2CCC(C3CCC(C4COC(C=C(F)F)OC4)CC3)CC2)CC1. The van der Waals surface area contributed by atoms with Gasteiger partial charge in [0.2, 0.25) is 0 Å². The molecule has 3 saturated carbocycles. The van der Waals surface area contributed by atoms with Crippen LogP contribution in [-0.2, 0) is 9.47 Å². The van der Waals surface area contributed by atoms with Crippen molar-refractivity contribution < 1.29 is 18.3 Å². The first-order valence-electron chi connectivity index (χ1n) is 15.3. The summed E-state index contributed by atoms with van der Waals surface area (Å²) < 4.78 is 35.9. The van der Waals surface area contributed by atoms with Crippen molar-refractivity contribution in [3.63, 3.8) is 0 Å². The second-order valence-electron chi connectivity index (χ2n) is 12.8. The third-order valence-corrected chi connectivity index (χ3v) is 10.7. The van der Waals surface area contributed by atoms with Crippen molar-refractivity contribution in [2.75, 3.05) is 13.2 Å². The van der Waals surface area contributed by atoms with Crippen LogP contribution in [0.15, 0.2) is 12.2 Å². The van der Waals surface area contributed by atoms with Gasteiger partial charge in [-0.3, -0.25) is 0 Å². The molecule has 0 N–H and O–H groups in total. The molecular formula is C31H52F2O2. The van der Waals surface area contributed by atoms with Crippen LogP contribution in [0.3, 0.4) is 0 Å². The Kier molecular flexibility index (Phi) is 10.9. The van der Waals surface area contributed by atoms with E-state index in [0.29, 0.717) is 25.0 Å². The molecule has 2 nitrogen and oxygen atoms in total. The molecular weight excluding hydrogens is 442 g/mol. The van der Waals surface area contributed by atoms with Gasteiger partial charge in [0.05, 0.1) is 13.2 Å². The van der Waals surface area contributed by atoms with E-state index in [4.69, 9.17) is 9.47 Å². The highest BCUT2D eigenvalue weighted by Crippen LogP contribution is 2.45. The van der Waals surface area contributed by atoms with Crippen LogP contribution in [0.5, 0.6) is 0 Å². The molecule has 0 aromatic heterocycles. The van der Waals surface area contributed by atoms with Gasteiger partial charge in [-0.05, 0) is 92.8 Å². The standard InChI is InChI=1S/C31H52F2O2/c1-3-4-22(2)25-11-7-23(8-12-25)5-6-24-9-13-26(14-10-24)27-15-17-28(18-16-27)29-20-34-31(35-21-29)19-30(32)33/h19,22-29,31H,3-18,20-21H2,1-2H3. The number of hydrogen-bond donors (Lipinski definition) is 0. The van der Waals surface area contributed by atoms with E-state index in [1.54, 1.807) is 0 Å². The van der Waals surface area contributed by atoms with Crippen molar-refractivity contribution in [3.8, 4) is 0 Å². The molecule has 0 aromatic rings. The molecule has 4 heteroatoms. The van der Waals surface area contributed by atoms with Crippen molar-refractivity contribution in [3.05, 3.63) is 12.2 Å². The molecule has 0 bridgehead atoms. The van der Waals surface area contributed by atoms with Crippen LogP contribution in [0.2, 0.25) is 0 Å². The van der Waals surface area contributed by atoms with Crippen molar-refractivity contribution in [1.82, 2.24) is 0 Å². The summed E-state index contributed by atoms with van der Waals surface area (Å²) in [4.78, 5) is 0. The van der Waals surface area contributed by atoms with Crippen LogP contribution in [0.25, 0.3) is 0 Å². The first-order chi connectivity index (χ1) is 17.0. The fourth-order valence-corrected chi connectivity index (χ4v) is 8.25. The van der Waals surface area contributed by atoms with E-state index in [-0.39, 0.29) is 0 Å². The monoisotopic (exact) mass is 494 g/mol. The Balaban J connectivity index is 1.08. The van der Waals surface area contributed by atoms with Crippen molar-refractivity contribution >= 4 is 0 Å². The number of ether oxygens (including phenoxy) is 2.